The molecule has 1 aliphatic carbocycles. The molecule has 2 nitrogen and oxygen atoms in total. The molecule has 2 aromatic carbocycles. The molecule has 2 heteroatoms. The zero-order chi connectivity index (χ0) is 14.3. The van der Waals surface area contributed by atoms with Gasteiger partial charge in [-0.3, -0.25) is 0 Å². The van der Waals surface area contributed by atoms with Crippen molar-refractivity contribution in [3.63, 3.8) is 0 Å². The first-order chi connectivity index (χ1) is 9.54. The molecule has 104 valence electrons. The Balaban J connectivity index is 2.13. The zero-order valence-corrected chi connectivity index (χ0v) is 12.4. The Labute approximate surface area is 120 Å². The average Bonchev–Trinajstić information content (AvgIpc) is 2.80. The van der Waals surface area contributed by atoms with Gasteiger partial charge in [-0.25, -0.2) is 0 Å². The molecule has 0 bridgehead atoms. The standard InChI is InChI=1S/C18H21NO/c1-12-4-6-15(10-13(12)2)18(19)9-8-14-5-7-16(20-3)11-17(14)18/h4-7,10-11H,8-9,19H2,1-3H3. The Morgan fingerprint density at radius 3 is 2.55 bits per heavy atom. The average molecular weight is 267 g/mol. The summed E-state index contributed by atoms with van der Waals surface area (Å²) in [5.41, 5.74) is 12.7. The van der Waals surface area contributed by atoms with E-state index in [1.807, 2.05) is 6.07 Å². The van der Waals surface area contributed by atoms with Crippen molar-refractivity contribution < 1.29 is 4.74 Å². The van der Waals surface area contributed by atoms with Gasteiger partial charge in [0.25, 0.3) is 0 Å². The van der Waals surface area contributed by atoms with Gasteiger partial charge in [-0.1, -0.05) is 24.3 Å². The molecular formula is C18H21NO. The second-order valence-electron chi connectivity index (χ2n) is 5.79. The van der Waals surface area contributed by atoms with Gasteiger partial charge in [-0.15, -0.1) is 0 Å². The summed E-state index contributed by atoms with van der Waals surface area (Å²) in [6.07, 6.45) is 1.99. The monoisotopic (exact) mass is 267 g/mol. The van der Waals surface area contributed by atoms with Crippen LogP contribution in [0.1, 0.15) is 34.2 Å². The minimum absolute atomic E-state index is 0.387. The van der Waals surface area contributed by atoms with Crippen molar-refractivity contribution in [3.8, 4) is 5.75 Å². The maximum absolute atomic E-state index is 6.78. The van der Waals surface area contributed by atoms with Crippen LogP contribution in [0.25, 0.3) is 0 Å². The molecule has 2 aromatic rings. The number of nitrogens with two attached hydrogens (primary N) is 1. The van der Waals surface area contributed by atoms with Crippen LogP contribution in [-0.4, -0.2) is 7.11 Å². The van der Waals surface area contributed by atoms with E-state index in [1.165, 1.54) is 27.8 Å². The van der Waals surface area contributed by atoms with E-state index in [0.717, 1.165) is 18.6 Å². The highest BCUT2D eigenvalue weighted by Crippen LogP contribution is 2.41. The molecule has 0 aromatic heterocycles. The smallest absolute Gasteiger partial charge is 0.119 e. The van der Waals surface area contributed by atoms with Crippen LogP contribution in [0, 0.1) is 13.8 Å². The van der Waals surface area contributed by atoms with Crippen molar-refractivity contribution in [2.45, 2.75) is 32.2 Å². The van der Waals surface area contributed by atoms with E-state index in [0.29, 0.717) is 0 Å². The molecule has 1 atom stereocenters. The van der Waals surface area contributed by atoms with Gasteiger partial charge in [-0.2, -0.15) is 0 Å². The van der Waals surface area contributed by atoms with Crippen LogP contribution < -0.4 is 10.5 Å². The Morgan fingerprint density at radius 1 is 1.05 bits per heavy atom. The lowest BCUT2D eigenvalue weighted by molar-refractivity contribution is 0.413. The molecule has 2 N–H and O–H groups in total. The van der Waals surface area contributed by atoms with Gasteiger partial charge in [0, 0.05) is 0 Å². The van der Waals surface area contributed by atoms with Crippen molar-refractivity contribution in [1.82, 2.24) is 0 Å². The van der Waals surface area contributed by atoms with Crippen molar-refractivity contribution in [2.75, 3.05) is 7.11 Å². The Morgan fingerprint density at radius 2 is 1.85 bits per heavy atom. The highest BCUT2D eigenvalue weighted by Gasteiger charge is 2.37. The second-order valence-corrected chi connectivity index (χ2v) is 5.79. The summed E-state index contributed by atoms with van der Waals surface area (Å²) >= 11 is 0. The number of hydrogen-bond acceptors (Lipinski definition) is 2. The Kier molecular flexibility index (Phi) is 3.06. The van der Waals surface area contributed by atoms with Crippen molar-refractivity contribution in [2.24, 2.45) is 5.73 Å². The topological polar surface area (TPSA) is 35.2 Å². The second kappa shape index (κ2) is 4.64. The van der Waals surface area contributed by atoms with E-state index in [1.54, 1.807) is 7.11 Å². The molecule has 20 heavy (non-hydrogen) atoms. The first-order valence-corrected chi connectivity index (χ1v) is 7.08. The Hall–Kier alpha value is -1.80. The lowest BCUT2D eigenvalue weighted by Crippen LogP contribution is -2.35. The van der Waals surface area contributed by atoms with E-state index in [9.17, 15) is 0 Å². The predicted molar refractivity (Wildman–Crippen MR) is 82.2 cm³/mol. The predicted octanol–water partition coefficient (Wildman–Crippen LogP) is 3.46. The van der Waals surface area contributed by atoms with E-state index >= 15 is 0 Å². The fourth-order valence-electron chi connectivity index (χ4n) is 3.10. The summed E-state index contributed by atoms with van der Waals surface area (Å²) in [6.45, 7) is 4.28. The van der Waals surface area contributed by atoms with Gasteiger partial charge in [0.15, 0.2) is 0 Å². The maximum Gasteiger partial charge on any atom is 0.119 e. The van der Waals surface area contributed by atoms with Crippen LogP contribution in [0.5, 0.6) is 5.75 Å². The summed E-state index contributed by atoms with van der Waals surface area (Å²) in [6, 6.07) is 12.8. The van der Waals surface area contributed by atoms with E-state index in [-0.39, 0.29) is 5.54 Å². The molecular weight excluding hydrogens is 246 g/mol. The highest BCUT2D eigenvalue weighted by molar-refractivity contribution is 5.50. The summed E-state index contributed by atoms with van der Waals surface area (Å²) in [5, 5.41) is 0. The number of aryl methyl sites for hydroxylation is 3. The van der Waals surface area contributed by atoms with Crippen LogP contribution in [-0.2, 0) is 12.0 Å². The Bertz CT molecular complexity index is 662. The quantitative estimate of drug-likeness (QED) is 0.904. The third-order valence-electron chi connectivity index (χ3n) is 4.61. The third kappa shape index (κ3) is 1.92. The van der Waals surface area contributed by atoms with Crippen LogP contribution in [0.4, 0.5) is 0 Å². The first kappa shape index (κ1) is 13.2. The molecule has 0 aliphatic heterocycles. The van der Waals surface area contributed by atoms with Crippen molar-refractivity contribution in [1.29, 1.82) is 0 Å². The number of ether oxygens (including phenoxy) is 1. The molecule has 0 fully saturated rings. The number of benzene rings is 2. The van der Waals surface area contributed by atoms with Crippen molar-refractivity contribution >= 4 is 0 Å². The number of rotatable bonds is 2. The van der Waals surface area contributed by atoms with Gasteiger partial charge in [0.2, 0.25) is 0 Å². The number of methoxy groups -OCH3 is 1. The molecule has 0 heterocycles. The maximum atomic E-state index is 6.78. The third-order valence-corrected chi connectivity index (χ3v) is 4.61. The van der Waals surface area contributed by atoms with Crippen LogP contribution in [0.3, 0.4) is 0 Å². The summed E-state index contributed by atoms with van der Waals surface area (Å²) < 4.78 is 5.36. The molecule has 0 amide bonds. The van der Waals surface area contributed by atoms with E-state index in [2.05, 4.69) is 44.2 Å². The van der Waals surface area contributed by atoms with Crippen molar-refractivity contribution in [3.05, 3.63) is 64.2 Å². The minimum atomic E-state index is -0.387. The fraction of sp³-hybridized carbons (Fsp3) is 0.333. The number of fused-ring (bicyclic) bond motifs is 1. The van der Waals surface area contributed by atoms with E-state index in [4.69, 9.17) is 10.5 Å². The molecule has 3 rings (SSSR count). The van der Waals surface area contributed by atoms with Gasteiger partial charge < -0.3 is 10.5 Å². The zero-order valence-electron chi connectivity index (χ0n) is 12.4. The van der Waals surface area contributed by atoms with E-state index < -0.39 is 0 Å². The highest BCUT2D eigenvalue weighted by atomic mass is 16.5. The van der Waals surface area contributed by atoms with Crippen LogP contribution >= 0.6 is 0 Å². The van der Waals surface area contributed by atoms with Gasteiger partial charge >= 0.3 is 0 Å². The summed E-state index contributed by atoms with van der Waals surface area (Å²) in [4.78, 5) is 0. The van der Waals surface area contributed by atoms with Crippen LogP contribution in [0.15, 0.2) is 36.4 Å². The van der Waals surface area contributed by atoms with Gasteiger partial charge in [-0.05, 0) is 66.6 Å². The summed E-state index contributed by atoms with van der Waals surface area (Å²) in [5.74, 6) is 0.879. The molecule has 0 saturated heterocycles. The normalized spacial score (nSPS) is 20.8. The molecule has 1 aliphatic rings. The fourth-order valence-corrected chi connectivity index (χ4v) is 3.10. The lowest BCUT2D eigenvalue weighted by atomic mass is 9.84. The lowest BCUT2D eigenvalue weighted by Gasteiger charge is -2.27. The molecule has 0 radical (unpaired) electrons. The molecule has 0 spiro atoms. The van der Waals surface area contributed by atoms with Gasteiger partial charge in [0.05, 0.1) is 12.6 Å². The van der Waals surface area contributed by atoms with Crippen LogP contribution in [0.2, 0.25) is 0 Å². The first-order valence-electron chi connectivity index (χ1n) is 7.08. The largest absolute Gasteiger partial charge is 0.497 e. The van der Waals surface area contributed by atoms with Gasteiger partial charge in [0.1, 0.15) is 5.75 Å². The number of hydrogen-bond donors (Lipinski definition) is 1. The molecule has 1 unspecified atom stereocenters. The summed E-state index contributed by atoms with van der Waals surface area (Å²) in [7, 11) is 1.70. The molecule has 0 saturated carbocycles. The minimum Gasteiger partial charge on any atom is -0.497 e. The SMILES string of the molecule is COc1ccc2c(c1)C(N)(c1ccc(C)c(C)c1)CC2.